The van der Waals surface area contributed by atoms with Crippen LogP contribution in [0, 0.1) is 23.2 Å². The maximum absolute atomic E-state index is 13.2. The van der Waals surface area contributed by atoms with E-state index in [2.05, 4.69) is 48.6 Å². The molecule has 85 heavy (non-hydrogen) atoms. The first-order chi connectivity index (χ1) is 40.3. The van der Waals surface area contributed by atoms with E-state index in [1.807, 2.05) is 44.2 Å². The number of nitriles is 1. The minimum absolute atomic E-state index is 0.116. The van der Waals surface area contributed by atoms with Crippen LogP contribution in [0.2, 0.25) is 5.02 Å². The molecule has 3 aromatic heterocycles. The van der Waals surface area contributed by atoms with Crippen molar-refractivity contribution in [3.8, 4) is 17.6 Å². The predicted octanol–water partition coefficient (Wildman–Crippen LogP) is 12.1. The summed E-state index contributed by atoms with van der Waals surface area (Å²) in [6.07, 6.45) is 0.245. The molecule has 15 nitrogen and oxygen atoms in total. The van der Waals surface area contributed by atoms with Crippen LogP contribution in [0.3, 0.4) is 0 Å². The van der Waals surface area contributed by atoms with Crippen LogP contribution in [0.5, 0.6) is 11.5 Å². The molecule has 23 heteroatoms. The Labute approximate surface area is 492 Å². The Hall–Kier alpha value is -7.65. The number of methoxy groups -OCH3 is 1. The summed E-state index contributed by atoms with van der Waals surface area (Å²) in [5, 5.41) is 35.1. The number of pyridine rings is 3. The highest BCUT2D eigenvalue weighted by Crippen LogP contribution is 2.44. The molecule has 0 aliphatic carbocycles. The van der Waals surface area contributed by atoms with Crippen molar-refractivity contribution in [2.24, 2.45) is 16.8 Å². The monoisotopic (exact) mass is 1210 g/mol. The molecule has 13 rings (SSSR count). The molecule has 7 aromatic rings. The molecule has 0 radical (unpaired) electrons. The highest BCUT2D eigenvalue weighted by Gasteiger charge is 2.43. The number of para-hydroxylation sites is 1. The number of halogens is 7. The number of aliphatic imine (C=N–C) groups is 1. The molecule has 0 saturated carbocycles. The van der Waals surface area contributed by atoms with Crippen LogP contribution in [-0.4, -0.2) is 88.3 Å². The van der Waals surface area contributed by atoms with E-state index in [9.17, 15) is 49.8 Å². The molecule has 4 aromatic carbocycles. The first-order valence-electron chi connectivity index (χ1n) is 27.3. The van der Waals surface area contributed by atoms with Crippen molar-refractivity contribution in [3.63, 3.8) is 0 Å². The highest BCUT2D eigenvalue weighted by atomic mass is 35.5. The van der Waals surface area contributed by atoms with Gasteiger partial charge in [-0.1, -0.05) is 42.3 Å². The minimum atomic E-state index is -4.93. The average Bonchev–Trinajstić information content (AvgIpc) is 1.68. The first kappa shape index (κ1) is 61.9. The Morgan fingerprint density at radius 1 is 0.929 bits per heavy atom. The van der Waals surface area contributed by atoms with E-state index in [-0.39, 0.29) is 27.4 Å². The maximum Gasteiger partial charge on any atom is 0.433 e. The van der Waals surface area contributed by atoms with Crippen LogP contribution < -0.4 is 25.1 Å². The number of benzene rings is 4. The van der Waals surface area contributed by atoms with E-state index < -0.39 is 63.0 Å². The van der Waals surface area contributed by atoms with Crippen LogP contribution in [-0.2, 0) is 22.4 Å². The van der Waals surface area contributed by atoms with Crippen molar-refractivity contribution in [2.45, 2.75) is 100 Å². The highest BCUT2D eigenvalue weighted by molar-refractivity contribution is 7.90. The Balaban J connectivity index is 0.000000138. The number of aromatic nitrogens is 3. The zero-order chi connectivity index (χ0) is 61.2. The summed E-state index contributed by atoms with van der Waals surface area (Å²) >= 11 is 5.70. The number of ether oxygens (including phenoxy) is 2. The molecule has 4 fully saturated rings. The van der Waals surface area contributed by atoms with E-state index in [1.165, 1.54) is 24.6 Å². The summed E-state index contributed by atoms with van der Waals surface area (Å²) in [5.41, 5.74) is -0.0618. The molecule has 2 bridgehead atoms. The van der Waals surface area contributed by atoms with E-state index in [0.717, 1.165) is 71.9 Å². The molecule has 0 spiro atoms. The number of hydrogen-bond donors (Lipinski definition) is 4. The third-order valence-corrected chi connectivity index (χ3v) is 17.1. The van der Waals surface area contributed by atoms with Crippen molar-refractivity contribution >= 4 is 60.7 Å². The number of aliphatic hydroxyl groups excluding tert-OH is 2. The minimum Gasteiger partial charge on any atom is -0.497 e. The quantitative estimate of drug-likeness (QED) is 0.0869. The Bertz CT molecular complexity index is 3940. The van der Waals surface area contributed by atoms with Crippen molar-refractivity contribution in [3.05, 3.63) is 183 Å². The lowest BCUT2D eigenvalue weighted by atomic mass is 9.73. The normalized spacial score (nSPS) is 21.5. The lowest BCUT2D eigenvalue weighted by molar-refractivity contribution is -0.142. The summed E-state index contributed by atoms with van der Waals surface area (Å²) in [6.45, 7) is 12.1. The first-order valence-corrected chi connectivity index (χ1v) is 29.1. The van der Waals surface area contributed by atoms with E-state index in [0.29, 0.717) is 64.8 Å². The van der Waals surface area contributed by atoms with Gasteiger partial charge < -0.3 is 25.0 Å². The molecule has 9 heterocycles. The number of amidine groups is 1. The number of nitrogens with one attached hydrogen (secondary N) is 2. The van der Waals surface area contributed by atoms with Gasteiger partial charge in [0.05, 0.1) is 58.9 Å². The predicted molar refractivity (Wildman–Crippen MR) is 312 cm³/mol. The zero-order valence-electron chi connectivity index (χ0n) is 46.6. The second-order valence-corrected chi connectivity index (χ2v) is 23.7. The molecule has 6 aliphatic rings. The van der Waals surface area contributed by atoms with Crippen molar-refractivity contribution in [2.75, 3.05) is 26.7 Å². The van der Waals surface area contributed by atoms with Gasteiger partial charge in [0.1, 0.15) is 33.5 Å². The standard InChI is InChI=1S/C20H24N2O2.C17H16F6N2O.C17H14N2O2.C8H7ClN2O2S/c1-3-13-12-22-9-7-14(13)10-19(22)20(23)16-6-8-21-18-5-4-15(24-2)11-17(16)18;18-16(19,20)11-5-3-4-9-10(15(26)12-6-1-2-7-24-12)8-13(17(21,22)23)25-14(9)11;1-17(2)10-14(19-8-4-3-5-16(19)20)13-9-12(11-18)6-7-15(13)21-17;1-5-10-7-3-2-6(9)4-8(7)14(12,13)11-5/h3-6,8,11,13-14,19-20,23H,1,7,9-10,12H2,2H3;3-5,8,12,15,24,26H,1-2,6-7H2;3-10H,1-2H3;2-4H,1H3,(H,10,11)/t13-,14-,19+,20-;12-,15+;;/m01../s1. The van der Waals surface area contributed by atoms with E-state index in [4.69, 9.17) is 26.3 Å². The molecule has 0 amide bonds. The number of piperidine rings is 4. The van der Waals surface area contributed by atoms with Crippen molar-refractivity contribution in [1.82, 2.24) is 29.5 Å². The van der Waals surface area contributed by atoms with Gasteiger partial charge in [0.2, 0.25) is 0 Å². The zero-order valence-corrected chi connectivity index (χ0v) is 48.2. The largest absolute Gasteiger partial charge is 0.497 e. The van der Waals surface area contributed by atoms with Gasteiger partial charge in [-0.05, 0) is 167 Å². The lowest BCUT2D eigenvalue weighted by Gasteiger charge is -2.50. The van der Waals surface area contributed by atoms with Crippen LogP contribution >= 0.6 is 11.6 Å². The fourth-order valence-electron chi connectivity index (χ4n) is 11.4. The lowest BCUT2D eigenvalue weighted by Crippen LogP contribution is -2.54. The summed E-state index contributed by atoms with van der Waals surface area (Å²) in [5.74, 6) is 3.04. The van der Waals surface area contributed by atoms with Gasteiger partial charge >= 0.3 is 12.4 Å². The Morgan fingerprint density at radius 3 is 2.39 bits per heavy atom. The molecular formula is C62H61ClF6N8O7S. The molecule has 446 valence electrons. The number of fused-ring (bicyclic) bond motifs is 7. The smallest absolute Gasteiger partial charge is 0.433 e. The summed E-state index contributed by atoms with van der Waals surface area (Å²) in [4.78, 5) is 26.4. The molecule has 7 atom stereocenters. The number of rotatable bonds is 7. The van der Waals surface area contributed by atoms with E-state index in [1.54, 1.807) is 73.5 Å². The second kappa shape index (κ2) is 25.1. The fraction of sp³-hybridized carbons (Fsp3) is 0.339. The van der Waals surface area contributed by atoms with Gasteiger partial charge in [-0.25, -0.2) is 18.4 Å². The number of nitrogens with zero attached hydrogens (tertiary/aromatic N) is 6. The molecule has 0 unspecified atom stereocenters. The number of alkyl halides is 6. The number of sulfonamides is 1. The second-order valence-electron chi connectivity index (χ2n) is 21.7. The van der Waals surface area contributed by atoms with Crippen LogP contribution in [0.1, 0.15) is 98.6 Å². The van der Waals surface area contributed by atoms with Gasteiger partial charge in [0.15, 0.2) is 0 Å². The maximum atomic E-state index is 13.2. The van der Waals surface area contributed by atoms with Gasteiger partial charge in [-0.2, -0.15) is 31.6 Å². The summed E-state index contributed by atoms with van der Waals surface area (Å²) < 4.78 is 118. The van der Waals surface area contributed by atoms with Crippen LogP contribution in [0.25, 0.3) is 27.5 Å². The third-order valence-electron chi connectivity index (χ3n) is 15.4. The SMILES string of the molecule is C=C[C@H]1C[N@]2CC[C@H]1C[C@@H]2[C@@H](O)c1ccnc2ccc(OC)cc12.CC1(C)C=C(n2ccccc2=O)c2cc(C#N)ccc2O1.CC1=Nc2ccc(Cl)cc2S(=O)(=O)N1.O[C@@H](c1cc(C(F)(F)F)nc2c(C(F)(F)F)cccc12)[C@H]1CCCCN1. The molecular weight excluding hydrogens is 1150 g/mol. The Morgan fingerprint density at radius 2 is 1.72 bits per heavy atom. The number of aliphatic hydroxyl groups is 2. The van der Waals surface area contributed by atoms with Gasteiger partial charge in [0, 0.05) is 58.4 Å². The van der Waals surface area contributed by atoms with Gasteiger partial charge in [-0.15, -0.1) is 6.58 Å². The summed E-state index contributed by atoms with van der Waals surface area (Å²) in [7, 11) is -1.82. The van der Waals surface area contributed by atoms with Gasteiger partial charge in [-0.3, -0.25) is 24.0 Å². The summed E-state index contributed by atoms with van der Waals surface area (Å²) in [6, 6.07) is 28.1. The molecule has 6 aliphatic heterocycles. The van der Waals surface area contributed by atoms with E-state index >= 15 is 0 Å². The van der Waals surface area contributed by atoms with Crippen LogP contribution in [0.15, 0.2) is 149 Å². The molecule has 4 saturated heterocycles. The topological polar surface area (TPSA) is 204 Å². The van der Waals surface area contributed by atoms with Crippen molar-refractivity contribution < 1.29 is 54.4 Å². The number of hydrogen-bond acceptors (Lipinski definition) is 13. The third kappa shape index (κ3) is 13.9. The average molecular weight is 1210 g/mol. The van der Waals surface area contributed by atoms with Crippen LogP contribution in [0.4, 0.5) is 32.0 Å². The van der Waals surface area contributed by atoms with Crippen molar-refractivity contribution in [1.29, 1.82) is 5.26 Å². The van der Waals surface area contributed by atoms with Gasteiger partial charge in [0.25, 0.3) is 15.6 Å². The Kier molecular flexibility index (Phi) is 18.3. The molecule has 4 N–H and O–H groups in total. The fourth-order valence-corrected chi connectivity index (χ4v) is 12.8.